The first-order valence-electron chi connectivity index (χ1n) is 2.83. The summed E-state index contributed by atoms with van der Waals surface area (Å²) in [7, 11) is 0.424. The lowest BCUT2D eigenvalue weighted by molar-refractivity contribution is 1.26. The molecule has 0 aromatic rings. The highest BCUT2D eigenvalue weighted by molar-refractivity contribution is 8.16. The topological polar surface area (TPSA) is 52.0 Å². The van der Waals surface area contributed by atoms with Crippen LogP contribution in [0.1, 0.15) is 13.8 Å². The molecule has 0 saturated carbocycles. The van der Waals surface area contributed by atoms with E-state index >= 15 is 0 Å². The molecular formula is C5H18N2S. The molecule has 0 aromatic heterocycles. The van der Waals surface area contributed by atoms with Crippen molar-refractivity contribution < 1.29 is 0 Å². The highest BCUT2D eigenvalue weighted by Crippen LogP contribution is 2.15. The number of hydrogen-bond donors (Lipinski definition) is 3. The van der Waals surface area contributed by atoms with Crippen LogP contribution >= 0.6 is 10.9 Å². The summed E-state index contributed by atoms with van der Waals surface area (Å²) in [6.45, 7) is 4.52. The fourth-order valence-electron chi connectivity index (χ4n) is 0.224. The Morgan fingerprint density at radius 1 is 1.12 bits per heavy atom. The van der Waals surface area contributed by atoms with Gasteiger partial charge >= 0.3 is 0 Å². The maximum Gasteiger partial charge on any atom is -0.0284 e. The second kappa shape index (κ2) is 10.3. The van der Waals surface area contributed by atoms with Crippen LogP contribution in [0.4, 0.5) is 0 Å². The van der Waals surface area contributed by atoms with Crippen LogP contribution in [0.15, 0.2) is 0 Å². The standard InChI is InChI=1S/C5H14S.H4N2/c1-4-6(3)5-2;1-2/h6H,4-5H2,1-3H3;1-2H2. The molecular weight excluding hydrogens is 120 g/mol. The van der Waals surface area contributed by atoms with E-state index in [0.29, 0.717) is 10.9 Å². The van der Waals surface area contributed by atoms with Crippen LogP contribution < -0.4 is 11.7 Å². The highest BCUT2D eigenvalue weighted by atomic mass is 32.2. The molecule has 2 nitrogen and oxygen atoms in total. The van der Waals surface area contributed by atoms with E-state index in [0.717, 1.165) is 0 Å². The minimum absolute atomic E-state index is 0.424. The average Bonchev–Trinajstić information content (AvgIpc) is 1.91. The van der Waals surface area contributed by atoms with E-state index in [-0.39, 0.29) is 0 Å². The highest BCUT2D eigenvalue weighted by Gasteiger charge is 1.82. The molecule has 0 unspecified atom stereocenters. The molecule has 0 atom stereocenters. The first-order valence-corrected chi connectivity index (χ1v) is 4.99. The van der Waals surface area contributed by atoms with Crippen molar-refractivity contribution in [3.63, 3.8) is 0 Å². The van der Waals surface area contributed by atoms with Crippen LogP contribution in [-0.4, -0.2) is 17.8 Å². The molecule has 0 aliphatic heterocycles. The molecule has 3 heteroatoms. The maximum atomic E-state index is 4.00. The van der Waals surface area contributed by atoms with Gasteiger partial charge in [-0.3, -0.25) is 22.6 Å². The molecule has 4 N–H and O–H groups in total. The van der Waals surface area contributed by atoms with Crippen molar-refractivity contribution >= 4 is 10.9 Å². The molecule has 0 rings (SSSR count). The average molecular weight is 138 g/mol. The van der Waals surface area contributed by atoms with Gasteiger partial charge in [0, 0.05) is 0 Å². The van der Waals surface area contributed by atoms with Crippen LogP contribution in [0.2, 0.25) is 0 Å². The van der Waals surface area contributed by atoms with Crippen LogP contribution in [0, 0.1) is 0 Å². The summed E-state index contributed by atoms with van der Waals surface area (Å²) in [5.74, 6) is 10.8. The molecule has 0 radical (unpaired) electrons. The smallest absolute Gasteiger partial charge is 0.0284 e. The second-order valence-electron chi connectivity index (χ2n) is 1.49. The van der Waals surface area contributed by atoms with Crippen molar-refractivity contribution in [1.29, 1.82) is 0 Å². The summed E-state index contributed by atoms with van der Waals surface area (Å²) in [6.07, 6.45) is 2.34. The number of hydrazine groups is 1. The molecule has 8 heavy (non-hydrogen) atoms. The number of hydrogen-bond acceptors (Lipinski definition) is 2. The van der Waals surface area contributed by atoms with Gasteiger partial charge in [0.05, 0.1) is 0 Å². The Labute approximate surface area is 54.9 Å². The van der Waals surface area contributed by atoms with Crippen molar-refractivity contribution in [3.05, 3.63) is 0 Å². The van der Waals surface area contributed by atoms with E-state index in [1.807, 2.05) is 0 Å². The Balaban J connectivity index is 0. The molecule has 0 saturated heterocycles. The predicted molar refractivity (Wildman–Crippen MR) is 44.4 cm³/mol. The third-order valence-corrected chi connectivity index (χ3v) is 3.24. The van der Waals surface area contributed by atoms with Crippen molar-refractivity contribution in [3.8, 4) is 0 Å². The van der Waals surface area contributed by atoms with Gasteiger partial charge in [0.2, 0.25) is 0 Å². The van der Waals surface area contributed by atoms with Gasteiger partial charge in [-0.2, -0.15) is 0 Å². The fourth-order valence-corrected chi connectivity index (χ4v) is 0.671. The van der Waals surface area contributed by atoms with Gasteiger partial charge in [-0.1, -0.05) is 13.8 Å². The van der Waals surface area contributed by atoms with E-state index in [4.69, 9.17) is 0 Å². The van der Waals surface area contributed by atoms with Crippen LogP contribution in [0.3, 0.4) is 0 Å². The minimum Gasteiger partial charge on any atom is -0.274 e. The summed E-state index contributed by atoms with van der Waals surface area (Å²) in [6, 6.07) is 0. The van der Waals surface area contributed by atoms with Gasteiger partial charge < -0.3 is 0 Å². The van der Waals surface area contributed by atoms with Crippen LogP contribution in [-0.2, 0) is 0 Å². The quantitative estimate of drug-likeness (QED) is 0.295. The number of thiol groups is 1. The Bertz CT molecular complexity index is 29.6. The molecule has 0 aliphatic carbocycles. The molecule has 0 bridgehead atoms. The molecule has 0 heterocycles. The summed E-state index contributed by atoms with van der Waals surface area (Å²) < 4.78 is 0. The van der Waals surface area contributed by atoms with Crippen LogP contribution in [0.25, 0.3) is 0 Å². The van der Waals surface area contributed by atoms with E-state index in [2.05, 4.69) is 31.8 Å². The molecule has 0 aliphatic rings. The second-order valence-corrected chi connectivity index (χ2v) is 4.47. The Morgan fingerprint density at radius 3 is 1.38 bits per heavy atom. The largest absolute Gasteiger partial charge is 0.274 e. The maximum absolute atomic E-state index is 4.00. The summed E-state index contributed by atoms with van der Waals surface area (Å²) in [4.78, 5) is 0. The first-order chi connectivity index (χ1) is 3.81. The van der Waals surface area contributed by atoms with E-state index in [1.165, 1.54) is 11.5 Å². The zero-order chi connectivity index (χ0) is 6.99. The van der Waals surface area contributed by atoms with Crippen molar-refractivity contribution in [2.24, 2.45) is 11.7 Å². The first kappa shape index (κ1) is 11.1. The molecule has 0 spiro atoms. The summed E-state index contributed by atoms with van der Waals surface area (Å²) >= 11 is 0. The molecule has 54 valence electrons. The van der Waals surface area contributed by atoms with E-state index < -0.39 is 0 Å². The van der Waals surface area contributed by atoms with Gasteiger partial charge in [0.15, 0.2) is 0 Å². The molecule has 0 fully saturated rings. The van der Waals surface area contributed by atoms with Gasteiger partial charge in [0.1, 0.15) is 0 Å². The monoisotopic (exact) mass is 138 g/mol. The Kier molecular flexibility index (Phi) is 14.3. The minimum atomic E-state index is 0.424. The summed E-state index contributed by atoms with van der Waals surface area (Å²) in [5.41, 5.74) is 0. The predicted octanol–water partition coefficient (Wildman–Crippen LogP) is 0.476. The third-order valence-electron chi connectivity index (χ3n) is 1.08. The van der Waals surface area contributed by atoms with Gasteiger partial charge in [-0.25, -0.2) is 0 Å². The number of nitrogens with two attached hydrogens (primary N) is 2. The van der Waals surface area contributed by atoms with E-state index in [1.54, 1.807) is 0 Å². The molecule has 0 aromatic carbocycles. The Morgan fingerprint density at radius 2 is 1.38 bits per heavy atom. The zero-order valence-corrected chi connectivity index (χ0v) is 6.91. The van der Waals surface area contributed by atoms with Gasteiger partial charge in [0.25, 0.3) is 0 Å². The van der Waals surface area contributed by atoms with Gasteiger partial charge in [-0.05, 0) is 17.8 Å². The zero-order valence-electron chi connectivity index (χ0n) is 6.02. The SMILES string of the molecule is CC[SH](C)CC.NN. The third kappa shape index (κ3) is 9.55. The normalized spacial score (nSPS) is 9.38. The summed E-state index contributed by atoms with van der Waals surface area (Å²) in [5, 5.41) is 0. The van der Waals surface area contributed by atoms with Crippen molar-refractivity contribution in [2.45, 2.75) is 13.8 Å². The lowest BCUT2D eigenvalue weighted by Gasteiger charge is -2.06. The van der Waals surface area contributed by atoms with Crippen molar-refractivity contribution in [1.82, 2.24) is 0 Å². The Hall–Kier alpha value is 0.270. The van der Waals surface area contributed by atoms with Crippen LogP contribution in [0.5, 0.6) is 0 Å². The van der Waals surface area contributed by atoms with E-state index in [9.17, 15) is 0 Å². The van der Waals surface area contributed by atoms with Crippen molar-refractivity contribution in [2.75, 3.05) is 17.8 Å². The van der Waals surface area contributed by atoms with Gasteiger partial charge in [-0.15, -0.1) is 0 Å². The molecule has 0 amide bonds. The fraction of sp³-hybridized carbons (Fsp3) is 1.00. The number of rotatable bonds is 2. The lowest BCUT2D eigenvalue weighted by Crippen LogP contribution is -2.02. The lowest BCUT2D eigenvalue weighted by atomic mass is 11.0.